The van der Waals surface area contributed by atoms with Gasteiger partial charge in [-0.15, -0.1) is 0 Å². The minimum absolute atomic E-state index is 0.0164. The van der Waals surface area contributed by atoms with Crippen molar-refractivity contribution in [3.8, 4) is 0 Å². The van der Waals surface area contributed by atoms with Gasteiger partial charge in [0.2, 0.25) is 0 Å². The van der Waals surface area contributed by atoms with Gasteiger partial charge in [0.25, 0.3) is 11.8 Å². The summed E-state index contributed by atoms with van der Waals surface area (Å²) in [4.78, 5) is 25.0. The van der Waals surface area contributed by atoms with E-state index in [1.54, 1.807) is 20.8 Å². The van der Waals surface area contributed by atoms with Gasteiger partial charge >= 0.3 is 6.18 Å². The van der Waals surface area contributed by atoms with Gasteiger partial charge in [0.05, 0.1) is 12.1 Å². The Hall–Kier alpha value is -2.11. The first kappa shape index (κ1) is 16.3. The molecule has 0 saturated carbocycles. The van der Waals surface area contributed by atoms with E-state index >= 15 is 0 Å². The highest BCUT2D eigenvalue weighted by molar-refractivity contribution is 6.18. The Kier molecular flexibility index (Phi) is 4.13. The van der Waals surface area contributed by atoms with Crippen LogP contribution in [-0.2, 0) is 28.7 Å². The smallest absolute Gasteiger partial charge is 0.270 e. The summed E-state index contributed by atoms with van der Waals surface area (Å²) in [6.45, 7) is 4.76. The molecule has 0 saturated heterocycles. The third-order valence-electron chi connectivity index (χ3n) is 3.89. The van der Waals surface area contributed by atoms with Crippen LogP contribution in [0.15, 0.2) is 29.3 Å². The zero-order valence-corrected chi connectivity index (χ0v) is 12.5. The average molecular weight is 311 g/mol. The van der Waals surface area contributed by atoms with Gasteiger partial charge in [-0.1, -0.05) is 19.1 Å². The van der Waals surface area contributed by atoms with E-state index in [0.717, 1.165) is 11.0 Å². The maximum atomic E-state index is 12.9. The van der Waals surface area contributed by atoms with E-state index in [1.807, 2.05) is 0 Å². The Morgan fingerprint density at radius 1 is 1.05 bits per heavy atom. The van der Waals surface area contributed by atoms with Crippen LogP contribution >= 0.6 is 0 Å². The van der Waals surface area contributed by atoms with Crippen LogP contribution in [0.2, 0.25) is 0 Å². The second-order valence-corrected chi connectivity index (χ2v) is 5.29. The van der Waals surface area contributed by atoms with Crippen molar-refractivity contribution in [2.75, 3.05) is 0 Å². The molecule has 2 amide bonds. The second kappa shape index (κ2) is 5.59. The summed E-state index contributed by atoms with van der Waals surface area (Å²) in [6, 6.07) is 3.73. The molecule has 22 heavy (non-hydrogen) atoms. The van der Waals surface area contributed by atoms with Crippen molar-refractivity contribution in [3.05, 3.63) is 46.0 Å². The molecular formula is C16H16F3NO2. The predicted molar refractivity (Wildman–Crippen MR) is 74.8 cm³/mol. The van der Waals surface area contributed by atoms with Crippen LogP contribution < -0.4 is 0 Å². The van der Waals surface area contributed by atoms with Crippen LogP contribution in [0.5, 0.6) is 0 Å². The summed E-state index contributed by atoms with van der Waals surface area (Å²) < 4.78 is 38.6. The van der Waals surface area contributed by atoms with Crippen molar-refractivity contribution in [1.82, 2.24) is 4.90 Å². The largest absolute Gasteiger partial charge is 0.416 e. The van der Waals surface area contributed by atoms with E-state index in [2.05, 4.69) is 0 Å². The fourth-order valence-corrected chi connectivity index (χ4v) is 2.46. The molecule has 0 aliphatic carbocycles. The topological polar surface area (TPSA) is 37.4 Å². The predicted octanol–water partition coefficient (Wildman–Crippen LogP) is 3.47. The minimum Gasteiger partial charge on any atom is -0.270 e. The molecule has 6 heteroatoms. The van der Waals surface area contributed by atoms with Crippen molar-refractivity contribution >= 4 is 11.8 Å². The van der Waals surface area contributed by atoms with Crippen molar-refractivity contribution in [2.45, 2.75) is 39.9 Å². The zero-order valence-electron chi connectivity index (χ0n) is 12.5. The molecule has 2 rings (SSSR count). The quantitative estimate of drug-likeness (QED) is 0.802. The summed E-state index contributed by atoms with van der Waals surface area (Å²) in [5, 5.41) is 0. The molecule has 1 aromatic carbocycles. The Bertz CT molecular complexity index is 650. The Morgan fingerprint density at radius 3 is 2.05 bits per heavy atom. The van der Waals surface area contributed by atoms with E-state index in [1.165, 1.54) is 12.1 Å². The lowest BCUT2D eigenvalue weighted by Gasteiger charge is -2.17. The van der Waals surface area contributed by atoms with Crippen LogP contribution in [0, 0.1) is 0 Å². The summed E-state index contributed by atoms with van der Waals surface area (Å²) in [5.41, 5.74) is 0.753. The van der Waals surface area contributed by atoms with E-state index < -0.39 is 11.7 Å². The molecule has 0 unspecified atom stereocenters. The number of amides is 2. The number of hydrogen-bond acceptors (Lipinski definition) is 2. The monoisotopic (exact) mass is 311 g/mol. The maximum absolute atomic E-state index is 12.9. The first-order valence-electron chi connectivity index (χ1n) is 6.89. The molecule has 1 aliphatic heterocycles. The lowest BCUT2D eigenvalue weighted by molar-refractivity contribution is -0.139. The number of carbonyl (C=O) groups is 2. The number of carbonyl (C=O) groups excluding carboxylic acids is 2. The summed E-state index contributed by atoms with van der Waals surface area (Å²) in [6.07, 6.45) is -4.18. The van der Waals surface area contributed by atoms with Gasteiger partial charge in [0, 0.05) is 11.1 Å². The molecule has 0 atom stereocenters. The molecule has 0 aromatic heterocycles. The number of imide groups is 1. The summed E-state index contributed by atoms with van der Waals surface area (Å²) in [7, 11) is 0. The lowest BCUT2D eigenvalue weighted by atomic mass is 10.0. The number of hydrogen-bond donors (Lipinski definition) is 0. The summed E-state index contributed by atoms with van der Waals surface area (Å²) >= 11 is 0. The SMILES string of the molecule is CCc1cc(CN2C(=O)C(C)=C(C)C2=O)ccc1C(F)(F)F. The number of nitrogens with zero attached hydrogens (tertiary/aromatic N) is 1. The van der Waals surface area contributed by atoms with Gasteiger partial charge in [0.1, 0.15) is 0 Å². The number of aryl methyl sites for hydroxylation is 1. The minimum atomic E-state index is -4.40. The van der Waals surface area contributed by atoms with Crippen LogP contribution in [0.1, 0.15) is 37.5 Å². The highest BCUT2D eigenvalue weighted by atomic mass is 19.4. The lowest BCUT2D eigenvalue weighted by Crippen LogP contribution is -2.31. The molecule has 1 heterocycles. The van der Waals surface area contributed by atoms with Gasteiger partial charge in [-0.3, -0.25) is 14.5 Å². The zero-order chi connectivity index (χ0) is 16.7. The molecule has 0 spiro atoms. The Labute approximate surface area is 126 Å². The molecule has 1 aromatic rings. The first-order chi connectivity index (χ1) is 10.2. The fourth-order valence-electron chi connectivity index (χ4n) is 2.46. The van der Waals surface area contributed by atoms with Crippen molar-refractivity contribution < 1.29 is 22.8 Å². The van der Waals surface area contributed by atoms with Gasteiger partial charge in [-0.25, -0.2) is 0 Å². The molecule has 1 aliphatic rings. The molecular weight excluding hydrogens is 295 g/mol. The average Bonchev–Trinajstić information content (AvgIpc) is 2.64. The standard InChI is InChI=1S/C16H16F3NO2/c1-4-12-7-11(5-6-13(12)16(17,18)19)8-20-14(21)9(2)10(3)15(20)22/h5-7H,4,8H2,1-3H3. The fraction of sp³-hybridized carbons (Fsp3) is 0.375. The Balaban J connectivity index is 2.29. The van der Waals surface area contributed by atoms with Crippen molar-refractivity contribution in [2.24, 2.45) is 0 Å². The second-order valence-electron chi connectivity index (χ2n) is 5.29. The molecule has 0 N–H and O–H groups in total. The molecule has 3 nitrogen and oxygen atoms in total. The third kappa shape index (κ3) is 2.77. The van der Waals surface area contributed by atoms with Gasteiger partial charge in [-0.2, -0.15) is 13.2 Å². The van der Waals surface area contributed by atoms with Crippen LogP contribution in [0.4, 0.5) is 13.2 Å². The number of rotatable bonds is 3. The van der Waals surface area contributed by atoms with E-state index in [9.17, 15) is 22.8 Å². The van der Waals surface area contributed by atoms with Crippen molar-refractivity contribution in [3.63, 3.8) is 0 Å². The number of benzene rings is 1. The molecule has 118 valence electrons. The van der Waals surface area contributed by atoms with Crippen LogP contribution in [0.3, 0.4) is 0 Å². The van der Waals surface area contributed by atoms with Gasteiger partial charge in [-0.05, 0) is 37.5 Å². The summed E-state index contributed by atoms with van der Waals surface area (Å²) in [5.74, 6) is -0.777. The molecule has 0 radical (unpaired) electrons. The van der Waals surface area contributed by atoms with Gasteiger partial charge < -0.3 is 0 Å². The Morgan fingerprint density at radius 2 is 1.59 bits per heavy atom. The third-order valence-corrected chi connectivity index (χ3v) is 3.89. The van der Waals surface area contributed by atoms with E-state index in [0.29, 0.717) is 16.7 Å². The van der Waals surface area contributed by atoms with Crippen LogP contribution in [-0.4, -0.2) is 16.7 Å². The maximum Gasteiger partial charge on any atom is 0.416 e. The number of halogens is 3. The number of alkyl halides is 3. The molecule has 0 bridgehead atoms. The van der Waals surface area contributed by atoms with E-state index in [4.69, 9.17) is 0 Å². The highest BCUT2D eigenvalue weighted by Gasteiger charge is 2.35. The first-order valence-corrected chi connectivity index (χ1v) is 6.89. The van der Waals surface area contributed by atoms with Crippen LogP contribution in [0.25, 0.3) is 0 Å². The normalized spacial score (nSPS) is 16.0. The highest BCUT2D eigenvalue weighted by Crippen LogP contribution is 2.33. The van der Waals surface area contributed by atoms with Crippen molar-refractivity contribution in [1.29, 1.82) is 0 Å². The van der Waals surface area contributed by atoms with E-state index in [-0.39, 0.29) is 30.3 Å². The van der Waals surface area contributed by atoms with Gasteiger partial charge in [0.15, 0.2) is 0 Å². The molecule has 0 fully saturated rings.